The standard InChI is InChI=1S/C24H34N2O3S/c1-3-30-14-13-26-12-10-18(20(17-26)15-24(27)28)5-4-6-19-9-11-25-23-8-7-21(29-2)16-22(19)23/h7-9,11,16,18,20H,3-6,10,12-15,17H2,1-2H3,(H,27,28)/t18-,20+/m1/s1. The summed E-state index contributed by atoms with van der Waals surface area (Å²) in [5.41, 5.74) is 2.29. The van der Waals surface area contributed by atoms with Gasteiger partial charge in [0.1, 0.15) is 5.75 Å². The summed E-state index contributed by atoms with van der Waals surface area (Å²) in [7, 11) is 1.69. The molecule has 1 saturated heterocycles. The number of ether oxygens (including phenoxy) is 1. The zero-order valence-corrected chi connectivity index (χ0v) is 19.0. The van der Waals surface area contributed by atoms with E-state index in [1.54, 1.807) is 7.11 Å². The smallest absolute Gasteiger partial charge is 0.303 e. The molecule has 1 aromatic carbocycles. The Hall–Kier alpha value is -1.79. The van der Waals surface area contributed by atoms with Gasteiger partial charge in [0.2, 0.25) is 0 Å². The van der Waals surface area contributed by atoms with E-state index in [9.17, 15) is 9.90 Å². The van der Waals surface area contributed by atoms with Crippen molar-refractivity contribution in [2.45, 2.75) is 39.0 Å². The average Bonchev–Trinajstić information content (AvgIpc) is 2.74. The third-order valence-corrected chi connectivity index (χ3v) is 7.11. The highest BCUT2D eigenvalue weighted by atomic mass is 32.2. The van der Waals surface area contributed by atoms with Gasteiger partial charge in [0.15, 0.2) is 0 Å². The third-order valence-electron chi connectivity index (χ3n) is 6.23. The highest BCUT2D eigenvalue weighted by molar-refractivity contribution is 7.99. The Kier molecular flexibility index (Phi) is 8.82. The summed E-state index contributed by atoms with van der Waals surface area (Å²) in [6.45, 7) is 5.29. The Morgan fingerprint density at radius 3 is 2.97 bits per heavy atom. The van der Waals surface area contributed by atoms with E-state index in [2.05, 4.69) is 28.9 Å². The van der Waals surface area contributed by atoms with E-state index in [1.807, 2.05) is 30.1 Å². The second-order valence-corrected chi connectivity index (χ2v) is 9.54. The molecule has 0 amide bonds. The van der Waals surface area contributed by atoms with Crippen LogP contribution in [0.15, 0.2) is 30.5 Å². The number of rotatable bonds is 11. The molecule has 1 N–H and O–H groups in total. The Bertz CT molecular complexity index is 829. The van der Waals surface area contributed by atoms with Gasteiger partial charge in [-0.25, -0.2) is 0 Å². The number of carbonyl (C=O) groups is 1. The fourth-order valence-electron chi connectivity index (χ4n) is 4.61. The number of benzene rings is 1. The monoisotopic (exact) mass is 430 g/mol. The van der Waals surface area contributed by atoms with Crippen molar-refractivity contribution < 1.29 is 14.6 Å². The molecule has 1 fully saturated rings. The number of carboxylic acid groups (broad SMARTS) is 1. The van der Waals surface area contributed by atoms with Crippen molar-refractivity contribution in [3.05, 3.63) is 36.0 Å². The molecule has 2 heterocycles. The van der Waals surface area contributed by atoms with E-state index < -0.39 is 5.97 Å². The molecule has 1 aromatic heterocycles. The quantitative estimate of drug-likeness (QED) is 0.520. The predicted molar refractivity (Wildman–Crippen MR) is 125 cm³/mol. The molecule has 1 aliphatic heterocycles. The number of thioether (sulfide) groups is 1. The van der Waals surface area contributed by atoms with E-state index in [0.29, 0.717) is 5.92 Å². The number of aromatic nitrogens is 1. The number of likely N-dealkylation sites (tertiary alicyclic amines) is 1. The van der Waals surface area contributed by atoms with E-state index in [-0.39, 0.29) is 12.3 Å². The zero-order valence-electron chi connectivity index (χ0n) is 18.2. The summed E-state index contributed by atoms with van der Waals surface area (Å²) < 4.78 is 5.38. The van der Waals surface area contributed by atoms with Crippen molar-refractivity contribution in [2.24, 2.45) is 11.8 Å². The van der Waals surface area contributed by atoms with Gasteiger partial charge in [-0.15, -0.1) is 0 Å². The van der Waals surface area contributed by atoms with Crippen LogP contribution in [-0.2, 0) is 11.2 Å². The van der Waals surface area contributed by atoms with Gasteiger partial charge in [-0.2, -0.15) is 11.8 Å². The number of aliphatic carboxylic acids is 1. The van der Waals surface area contributed by atoms with Gasteiger partial charge >= 0.3 is 5.97 Å². The molecular formula is C24H34N2O3S. The molecule has 2 aromatic rings. The summed E-state index contributed by atoms with van der Waals surface area (Å²) in [5, 5.41) is 10.6. The lowest BCUT2D eigenvalue weighted by Crippen LogP contribution is -2.42. The summed E-state index contributed by atoms with van der Waals surface area (Å²) in [6.07, 6.45) is 6.42. The second kappa shape index (κ2) is 11.6. The maximum atomic E-state index is 11.4. The Morgan fingerprint density at radius 2 is 2.20 bits per heavy atom. The number of fused-ring (bicyclic) bond motifs is 1. The van der Waals surface area contributed by atoms with Gasteiger partial charge < -0.3 is 14.7 Å². The van der Waals surface area contributed by atoms with Crippen LogP contribution in [0.2, 0.25) is 0 Å². The molecule has 0 bridgehead atoms. The van der Waals surface area contributed by atoms with E-state index in [4.69, 9.17) is 4.74 Å². The van der Waals surface area contributed by atoms with E-state index in [0.717, 1.165) is 73.5 Å². The van der Waals surface area contributed by atoms with Gasteiger partial charge in [0.05, 0.1) is 12.6 Å². The van der Waals surface area contributed by atoms with Gasteiger partial charge in [-0.05, 0) is 79.6 Å². The first kappa shape index (κ1) is 22.9. The lowest BCUT2D eigenvalue weighted by atomic mass is 9.80. The van der Waals surface area contributed by atoms with Crippen molar-refractivity contribution in [1.29, 1.82) is 0 Å². The van der Waals surface area contributed by atoms with Crippen molar-refractivity contribution in [3.63, 3.8) is 0 Å². The molecule has 0 radical (unpaired) electrons. The normalized spacial score (nSPS) is 19.8. The number of nitrogens with zero attached hydrogens (tertiary/aromatic N) is 2. The molecule has 0 unspecified atom stereocenters. The Morgan fingerprint density at radius 1 is 1.33 bits per heavy atom. The van der Waals surface area contributed by atoms with Gasteiger partial charge in [0.25, 0.3) is 0 Å². The van der Waals surface area contributed by atoms with E-state index >= 15 is 0 Å². The van der Waals surface area contributed by atoms with Crippen molar-refractivity contribution >= 4 is 28.6 Å². The first-order valence-corrected chi connectivity index (χ1v) is 12.2. The predicted octanol–water partition coefficient (Wildman–Crippen LogP) is 4.73. The van der Waals surface area contributed by atoms with Crippen LogP contribution < -0.4 is 4.74 Å². The molecule has 0 spiro atoms. The van der Waals surface area contributed by atoms with Crippen molar-refractivity contribution in [1.82, 2.24) is 9.88 Å². The highest BCUT2D eigenvalue weighted by Gasteiger charge is 2.30. The van der Waals surface area contributed by atoms with Crippen LogP contribution in [0.4, 0.5) is 0 Å². The van der Waals surface area contributed by atoms with E-state index in [1.165, 1.54) is 5.56 Å². The lowest BCUT2D eigenvalue weighted by molar-refractivity contribution is -0.139. The van der Waals surface area contributed by atoms with Crippen LogP contribution in [0, 0.1) is 11.8 Å². The molecule has 5 nitrogen and oxygen atoms in total. The Balaban J connectivity index is 1.59. The van der Waals surface area contributed by atoms with Crippen LogP contribution in [0.5, 0.6) is 5.75 Å². The molecule has 1 aliphatic rings. The molecular weight excluding hydrogens is 396 g/mol. The topological polar surface area (TPSA) is 62.7 Å². The maximum absolute atomic E-state index is 11.4. The Labute approximate surface area is 184 Å². The average molecular weight is 431 g/mol. The molecule has 0 aliphatic carbocycles. The first-order valence-electron chi connectivity index (χ1n) is 11.0. The molecule has 3 rings (SSSR count). The minimum absolute atomic E-state index is 0.261. The van der Waals surface area contributed by atoms with Crippen LogP contribution in [-0.4, -0.2) is 59.2 Å². The number of pyridine rings is 1. The zero-order chi connectivity index (χ0) is 21.3. The van der Waals surface area contributed by atoms with Crippen LogP contribution >= 0.6 is 11.8 Å². The van der Waals surface area contributed by atoms with Gasteiger partial charge in [0, 0.05) is 36.8 Å². The molecule has 164 valence electrons. The van der Waals surface area contributed by atoms with Crippen molar-refractivity contribution in [3.8, 4) is 5.75 Å². The molecule has 0 saturated carbocycles. The van der Waals surface area contributed by atoms with Gasteiger partial charge in [-0.1, -0.05) is 6.92 Å². The molecule has 6 heteroatoms. The number of aryl methyl sites for hydroxylation is 1. The number of piperidine rings is 1. The number of hydrogen-bond donors (Lipinski definition) is 1. The number of hydrogen-bond acceptors (Lipinski definition) is 5. The third kappa shape index (κ3) is 6.35. The molecule has 2 atom stereocenters. The largest absolute Gasteiger partial charge is 0.497 e. The fraction of sp³-hybridized carbons (Fsp3) is 0.583. The highest BCUT2D eigenvalue weighted by Crippen LogP contribution is 2.31. The summed E-state index contributed by atoms with van der Waals surface area (Å²) in [4.78, 5) is 18.4. The minimum atomic E-state index is -0.665. The fourth-order valence-corrected chi connectivity index (χ4v) is 5.29. The second-order valence-electron chi connectivity index (χ2n) is 8.15. The number of methoxy groups -OCH3 is 1. The van der Waals surface area contributed by atoms with Crippen LogP contribution in [0.25, 0.3) is 10.9 Å². The molecule has 30 heavy (non-hydrogen) atoms. The maximum Gasteiger partial charge on any atom is 0.303 e. The SMILES string of the molecule is CCSCCN1CC[C@@H](CCCc2ccnc3ccc(OC)cc23)[C@@H](CC(=O)O)C1. The summed E-state index contributed by atoms with van der Waals surface area (Å²) in [6, 6.07) is 8.12. The lowest BCUT2D eigenvalue weighted by Gasteiger charge is -2.38. The van der Waals surface area contributed by atoms with Crippen LogP contribution in [0.3, 0.4) is 0 Å². The first-order chi connectivity index (χ1) is 14.6. The van der Waals surface area contributed by atoms with Crippen molar-refractivity contribution in [2.75, 3.05) is 38.2 Å². The van der Waals surface area contributed by atoms with Gasteiger partial charge in [-0.3, -0.25) is 9.78 Å². The van der Waals surface area contributed by atoms with Crippen LogP contribution in [0.1, 0.15) is 38.2 Å². The summed E-state index contributed by atoms with van der Waals surface area (Å²) >= 11 is 1.96. The minimum Gasteiger partial charge on any atom is -0.497 e. The summed E-state index contributed by atoms with van der Waals surface area (Å²) in [5.74, 6) is 3.23. The number of carboxylic acids is 1.